The van der Waals surface area contributed by atoms with Gasteiger partial charge >= 0.3 is 0 Å². The van der Waals surface area contributed by atoms with Crippen molar-refractivity contribution in [3.8, 4) is 0 Å². The molecule has 6 heteroatoms. The summed E-state index contributed by atoms with van der Waals surface area (Å²) in [6.45, 7) is 3.75. The number of hydrogen-bond acceptors (Lipinski definition) is 5. The van der Waals surface area contributed by atoms with E-state index in [-0.39, 0.29) is 5.92 Å². The SMILES string of the molecule is NCC1CCCC1C(=O)N1CCN(c2ncccn2)CC1. The number of rotatable bonds is 3. The van der Waals surface area contributed by atoms with Crippen molar-refractivity contribution in [2.45, 2.75) is 19.3 Å². The summed E-state index contributed by atoms with van der Waals surface area (Å²) in [6.07, 6.45) is 6.75. The molecule has 2 N–H and O–H groups in total. The van der Waals surface area contributed by atoms with E-state index in [2.05, 4.69) is 14.9 Å². The third-order valence-corrected chi connectivity index (χ3v) is 4.71. The van der Waals surface area contributed by atoms with E-state index in [1.54, 1.807) is 12.4 Å². The van der Waals surface area contributed by atoms with E-state index in [9.17, 15) is 4.79 Å². The molecule has 21 heavy (non-hydrogen) atoms. The minimum atomic E-state index is 0.148. The standard InChI is InChI=1S/C15H23N5O/c16-11-12-3-1-4-13(12)14(21)19-7-9-20(10-8-19)15-17-5-2-6-18-15/h2,5-6,12-13H,1,3-4,7-11,16H2. The van der Waals surface area contributed by atoms with Crippen LogP contribution in [-0.4, -0.2) is 53.5 Å². The highest BCUT2D eigenvalue weighted by Gasteiger charge is 2.35. The molecule has 1 saturated heterocycles. The number of carbonyl (C=O) groups is 1. The fourth-order valence-corrected chi connectivity index (χ4v) is 3.46. The molecule has 1 aliphatic heterocycles. The van der Waals surface area contributed by atoms with Gasteiger partial charge in [0.25, 0.3) is 0 Å². The first-order valence-electron chi connectivity index (χ1n) is 7.80. The molecule has 1 aromatic rings. The van der Waals surface area contributed by atoms with Gasteiger partial charge < -0.3 is 15.5 Å². The molecular formula is C15H23N5O. The van der Waals surface area contributed by atoms with Crippen LogP contribution in [0.5, 0.6) is 0 Å². The van der Waals surface area contributed by atoms with E-state index in [1.807, 2.05) is 11.0 Å². The van der Waals surface area contributed by atoms with Gasteiger partial charge in [-0.25, -0.2) is 9.97 Å². The molecule has 3 rings (SSSR count). The van der Waals surface area contributed by atoms with E-state index in [4.69, 9.17) is 5.73 Å². The summed E-state index contributed by atoms with van der Waals surface area (Å²) in [7, 11) is 0. The molecule has 2 unspecified atom stereocenters. The Morgan fingerprint density at radius 2 is 1.90 bits per heavy atom. The Morgan fingerprint density at radius 3 is 2.57 bits per heavy atom. The van der Waals surface area contributed by atoms with Crippen LogP contribution in [0, 0.1) is 11.8 Å². The van der Waals surface area contributed by atoms with Crippen LogP contribution < -0.4 is 10.6 Å². The number of carbonyl (C=O) groups excluding carboxylic acids is 1. The summed E-state index contributed by atoms with van der Waals surface area (Å²) in [5.74, 6) is 1.59. The number of nitrogens with two attached hydrogens (primary N) is 1. The lowest BCUT2D eigenvalue weighted by molar-refractivity contribution is -0.136. The van der Waals surface area contributed by atoms with Gasteiger partial charge in [0.15, 0.2) is 0 Å². The summed E-state index contributed by atoms with van der Waals surface area (Å²) >= 11 is 0. The molecule has 0 spiro atoms. The molecule has 2 aliphatic rings. The summed E-state index contributed by atoms with van der Waals surface area (Å²) < 4.78 is 0. The highest BCUT2D eigenvalue weighted by Crippen LogP contribution is 2.32. The average Bonchev–Trinajstić information content (AvgIpc) is 3.04. The molecule has 6 nitrogen and oxygen atoms in total. The molecule has 0 radical (unpaired) electrons. The highest BCUT2D eigenvalue weighted by molar-refractivity contribution is 5.79. The number of amides is 1. The second-order valence-electron chi connectivity index (χ2n) is 5.89. The first-order chi connectivity index (χ1) is 10.3. The highest BCUT2D eigenvalue weighted by atomic mass is 16.2. The molecular weight excluding hydrogens is 266 g/mol. The van der Waals surface area contributed by atoms with Crippen LogP contribution in [0.15, 0.2) is 18.5 Å². The van der Waals surface area contributed by atoms with Gasteiger partial charge in [-0.15, -0.1) is 0 Å². The van der Waals surface area contributed by atoms with Gasteiger partial charge in [-0.1, -0.05) is 6.42 Å². The van der Waals surface area contributed by atoms with Crippen molar-refractivity contribution in [1.82, 2.24) is 14.9 Å². The molecule has 1 saturated carbocycles. The summed E-state index contributed by atoms with van der Waals surface area (Å²) in [4.78, 5) is 25.3. The van der Waals surface area contributed by atoms with Gasteiger partial charge in [0.05, 0.1) is 0 Å². The van der Waals surface area contributed by atoms with Crippen LogP contribution >= 0.6 is 0 Å². The van der Waals surface area contributed by atoms with Crippen LogP contribution in [0.3, 0.4) is 0 Å². The van der Waals surface area contributed by atoms with Gasteiger partial charge in [-0.05, 0) is 31.4 Å². The van der Waals surface area contributed by atoms with Crippen LogP contribution in [-0.2, 0) is 4.79 Å². The Kier molecular flexibility index (Phi) is 4.34. The maximum absolute atomic E-state index is 12.6. The molecule has 0 bridgehead atoms. The van der Waals surface area contributed by atoms with Crippen molar-refractivity contribution < 1.29 is 4.79 Å². The summed E-state index contributed by atoms with van der Waals surface area (Å²) in [6, 6.07) is 1.82. The lowest BCUT2D eigenvalue weighted by atomic mass is 9.94. The van der Waals surface area contributed by atoms with Crippen molar-refractivity contribution in [3.63, 3.8) is 0 Å². The lowest BCUT2D eigenvalue weighted by Gasteiger charge is -2.36. The molecule has 1 aliphatic carbocycles. The first-order valence-corrected chi connectivity index (χ1v) is 7.80. The van der Waals surface area contributed by atoms with Crippen molar-refractivity contribution in [3.05, 3.63) is 18.5 Å². The second-order valence-corrected chi connectivity index (χ2v) is 5.89. The fraction of sp³-hybridized carbons (Fsp3) is 0.667. The van der Waals surface area contributed by atoms with Crippen LogP contribution in [0.4, 0.5) is 5.95 Å². The van der Waals surface area contributed by atoms with Crippen molar-refractivity contribution in [1.29, 1.82) is 0 Å². The van der Waals surface area contributed by atoms with Gasteiger partial charge in [0.1, 0.15) is 0 Å². The third-order valence-electron chi connectivity index (χ3n) is 4.71. The van der Waals surface area contributed by atoms with Crippen molar-refractivity contribution in [2.24, 2.45) is 17.6 Å². The molecule has 114 valence electrons. The molecule has 2 heterocycles. The quantitative estimate of drug-likeness (QED) is 0.877. The fourth-order valence-electron chi connectivity index (χ4n) is 3.46. The first kappa shape index (κ1) is 14.3. The zero-order valence-electron chi connectivity index (χ0n) is 12.3. The summed E-state index contributed by atoms with van der Waals surface area (Å²) in [5.41, 5.74) is 5.79. The minimum Gasteiger partial charge on any atom is -0.339 e. The number of nitrogens with zero attached hydrogens (tertiary/aromatic N) is 4. The number of anilines is 1. The number of aromatic nitrogens is 2. The van der Waals surface area contributed by atoms with Crippen LogP contribution in [0.1, 0.15) is 19.3 Å². The minimum absolute atomic E-state index is 0.148. The van der Waals surface area contributed by atoms with Gasteiger partial charge in [-0.3, -0.25) is 4.79 Å². The molecule has 2 fully saturated rings. The predicted octanol–water partition coefficient (Wildman–Crippen LogP) is 0.500. The Labute approximate surface area is 125 Å². The van der Waals surface area contributed by atoms with Gasteiger partial charge in [-0.2, -0.15) is 0 Å². The number of hydrogen-bond donors (Lipinski definition) is 1. The maximum Gasteiger partial charge on any atom is 0.226 e. The van der Waals surface area contributed by atoms with Gasteiger partial charge in [0.2, 0.25) is 11.9 Å². The number of piperazine rings is 1. The Balaban J connectivity index is 1.57. The Bertz CT molecular complexity index is 472. The van der Waals surface area contributed by atoms with E-state index in [0.717, 1.165) is 51.4 Å². The van der Waals surface area contributed by atoms with E-state index < -0.39 is 0 Å². The predicted molar refractivity (Wildman–Crippen MR) is 80.7 cm³/mol. The van der Waals surface area contributed by atoms with E-state index in [0.29, 0.717) is 18.4 Å². The Hall–Kier alpha value is -1.69. The normalized spacial score (nSPS) is 26.1. The van der Waals surface area contributed by atoms with E-state index >= 15 is 0 Å². The largest absolute Gasteiger partial charge is 0.339 e. The zero-order valence-corrected chi connectivity index (χ0v) is 12.3. The van der Waals surface area contributed by atoms with E-state index in [1.165, 1.54) is 0 Å². The Morgan fingerprint density at radius 1 is 1.19 bits per heavy atom. The van der Waals surface area contributed by atoms with Crippen LogP contribution in [0.25, 0.3) is 0 Å². The molecule has 2 atom stereocenters. The topological polar surface area (TPSA) is 75.4 Å². The maximum atomic E-state index is 12.6. The van der Waals surface area contributed by atoms with Crippen LogP contribution in [0.2, 0.25) is 0 Å². The molecule has 1 amide bonds. The molecule has 1 aromatic heterocycles. The van der Waals surface area contributed by atoms with Crippen molar-refractivity contribution in [2.75, 3.05) is 37.6 Å². The zero-order chi connectivity index (χ0) is 14.7. The molecule has 0 aromatic carbocycles. The lowest BCUT2D eigenvalue weighted by Crippen LogP contribution is -2.51. The summed E-state index contributed by atoms with van der Waals surface area (Å²) in [5, 5.41) is 0. The third kappa shape index (κ3) is 3.00. The average molecular weight is 289 g/mol. The second kappa shape index (κ2) is 6.39. The smallest absolute Gasteiger partial charge is 0.226 e. The monoisotopic (exact) mass is 289 g/mol. The van der Waals surface area contributed by atoms with Gasteiger partial charge in [0, 0.05) is 44.5 Å². The van der Waals surface area contributed by atoms with Crippen molar-refractivity contribution >= 4 is 11.9 Å².